The normalized spacial score (nSPS) is 17.9. The second-order valence-corrected chi connectivity index (χ2v) is 5.24. The molecule has 0 aliphatic carbocycles. The van der Waals surface area contributed by atoms with E-state index in [1.165, 1.54) is 0 Å². The van der Waals surface area contributed by atoms with Crippen molar-refractivity contribution in [1.29, 1.82) is 0 Å². The van der Waals surface area contributed by atoms with Gasteiger partial charge in [0.25, 0.3) is 0 Å². The zero-order valence-electron chi connectivity index (χ0n) is 6.92. The summed E-state index contributed by atoms with van der Waals surface area (Å²) in [6.45, 7) is 2.10. The third kappa shape index (κ3) is 1.92. The summed E-state index contributed by atoms with van der Waals surface area (Å²) in [4.78, 5) is 13.3. The van der Waals surface area contributed by atoms with Gasteiger partial charge in [0.1, 0.15) is 0 Å². The molecule has 1 aliphatic rings. The van der Waals surface area contributed by atoms with E-state index in [0.717, 1.165) is 21.9 Å². The molecule has 3 nitrogen and oxygen atoms in total. The van der Waals surface area contributed by atoms with E-state index >= 15 is 0 Å². The van der Waals surface area contributed by atoms with Crippen LogP contribution in [0.15, 0.2) is 15.9 Å². The molecule has 0 atom stereocenters. The molecule has 1 amide bonds. The Morgan fingerprint density at radius 2 is 2.38 bits per heavy atom. The van der Waals surface area contributed by atoms with E-state index in [0.29, 0.717) is 6.54 Å². The van der Waals surface area contributed by atoms with E-state index in [2.05, 4.69) is 21.2 Å². The predicted molar refractivity (Wildman–Crippen MR) is 57.2 cm³/mol. The van der Waals surface area contributed by atoms with Gasteiger partial charge < -0.3 is 10.2 Å². The molecule has 0 spiro atoms. The first-order valence-electron chi connectivity index (χ1n) is 4.04. The number of carbonyl (C=O) groups excluding carboxylic acids is 1. The highest BCUT2D eigenvalue weighted by Crippen LogP contribution is 2.30. The van der Waals surface area contributed by atoms with Crippen LogP contribution in [0.2, 0.25) is 0 Å². The lowest BCUT2D eigenvalue weighted by molar-refractivity contribution is -0.118. The van der Waals surface area contributed by atoms with Crippen LogP contribution >= 0.6 is 27.3 Å². The van der Waals surface area contributed by atoms with Crippen molar-refractivity contribution in [2.45, 2.75) is 0 Å². The summed E-state index contributed by atoms with van der Waals surface area (Å²) < 4.78 is 1.06. The van der Waals surface area contributed by atoms with Crippen molar-refractivity contribution in [1.82, 2.24) is 5.32 Å². The van der Waals surface area contributed by atoms with Gasteiger partial charge in [-0.1, -0.05) is 0 Å². The smallest absolute Gasteiger partial charge is 0.241 e. The predicted octanol–water partition coefficient (Wildman–Crippen LogP) is 1.45. The fourth-order valence-corrected chi connectivity index (χ4v) is 2.69. The largest absolute Gasteiger partial charge is 0.307 e. The second kappa shape index (κ2) is 3.77. The molecular formula is C8H9BrN2OS. The fraction of sp³-hybridized carbons (Fsp3) is 0.375. The molecule has 0 radical (unpaired) electrons. The second-order valence-electron chi connectivity index (χ2n) is 2.80. The molecule has 0 aromatic carbocycles. The van der Waals surface area contributed by atoms with Gasteiger partial charge in [-0.05, 0) is 28.1 Å². The number of piperazine rings is 1. The molecule has 1 fully saturated rings. The first kappa shape index (κ1) is 9.18. The van der Waals surface area contributed by atoms with E-state index in [9.17, 15) is 4.79 Å². The molecule has 2 heterocycles. The SMILES string of the molecule is O=C1CNCCN1c1ccc(Br)s1. The van der Waals surface area contributed by atoms with Crippen LogP contribution in [0.5, 0.6) is 0 Å². The summed E-state index contributed by atoms with van der Waals surface area (Å²) in [5, 5.41) is 4.07. The summed E-state index contributed by atoms with van der Waals surface area (Å²) in [7, 11) is 0. The number of hydrogen-bond acceptors (Lipinski definition) is 3. The first-order chi connectivity index (χ1) is 6.27. The number of hydrogen-bond donors (Lipinski definition) is 1. The maximum atomic E-state index is 11.5. The molecule has 0 unspecified atom stereocenters. The van der Waals surface area contributed by atoms with Gasteiger partial charge in [-0.15, -0.1) is 11.3 Å². The van der Waals surface area contributed by atoms with Crippen molar-refractivity contribution in [2.24, 2.45) is 0 Å². The van der Waals surface area contributed by atoms with Gasteiger partial charge >= 0.3 is 0 Å². The molecule has 13 heavy (non-hydrogen) atoms. The third-order valence-electron chi connectivity index (χ3n) is 1.91. The molecule has 0 saturated carbocycles. The molecular weight excluding hydrogens is 252 g/mol. The topological polar surface area (TPSA) is 32.3 Å². The average molecular weight is 261 g/mol. The Morgan fingerprint density at radius 1 is 1.54 bits per heavy atom. The monoisotopic (exact) mass is 260 g/mol. The number of anilines is 1. The van der Waals surface area contributed by atoms with Crippen LogP contribution in [-0.2, 0) is 4.79 Å². The Labute approximate surface area is 88.9 Å². The van der Waals surface area contributed by atoms with Crippen molar-refractivity contribution in [3.63, 3.8) is 0 Å². The minimum Gasteiger partial charge on any atom is -0.307 e. The Bertz CT molecular complexity index is 326. The van der Waals surface area contributed by atoms with Gasteiger partial charge in [0, 0.05) is 13.1 Å². The Kier molecular flexibility index (Phi) is 2.66. The van der Waals surface area contributed by atoms with E-state index in [4.69, 9.17) is 0 Å². The highest BCUT2D eigenvalue weighted by atomic mass is 79.9. The molecule has 1 aliphatic heterocycles. The van der Waals surface area contributed by atoms with Crippen LogP contribution in [0.1, 0.15) is 0 Å². The molecule has 1 N–H and O–H groups in total. The third-order valence-corrected chi connectivity index (χ3v) is 3.56. The molecule has 1 aromatic heterocycles. The van der Waals surface area contributed by atoms with Crippen molar-refractivity contribution in [2.75, 3.05) is 24.5 Å². The average Bonchev–Trinajstić information content (AvgIpc) is 2.53. The summed E-state index contributed by atoms with van der Waals surface area (Å²) in [5.41, 5.74) is 0. The van der Waals surface area contributed by atoms with E-state index in [-0.39, 0.29) is 5.91 Å². The number of nitrogens with zero attached hydrogens (tertiary/aromatic N) is 1. The zero-order chi connectivity index (χ0) is 9.26. The Morgan fingerprint density at radius 3 is 3.00 bits per heavy atom. The van der Waals surface area contributed by atoms with E-state index < -0.39 is 0 Å². The number of amides is 1. The molecule has 2 rings (SSSR count). The molecule has 1 saturated heterocycles. The minimum atomic E-state index is 0.153. The maximum Gasteiger partial charge on any atom is 0.241 e. The van der Waals surface area contributed by atoms with Crippen LogP contribution < -0.4 is 10.2 Å². The molecule has 70 valence electrons. The number of carbonyl (C=O) groups is 1. The van der Waals surface area contributed by atoms with Crippen molar-refractivity contribution < 1.29 is 4.79 Å². The first-order valence-corrected chi connectivity index (χ1v) is 5.65. The highest BCUT2D eigenvalue weighted by Gasteiger charge is 2.20. The van der Waals surface area contributed by atoms with E-state index in [1.807, 2.05) is 17.0 Å². The number of nitrogens with one attached hydrogen (secondary N) is 1. The molecule has 1 aromatic rings. The quantitative estimate of drug-likeness (QED) is 0.829. The van der Waals surface area contributed by atoms with E-state index in [1.54, 1.807) is 11.3 Å². The maximum absolute atomic E-state index is 11.5. The summed E-state index contributed by atoms with van der Waals surface area (Å²) in [6.07, 6.45) is 0. The molecule has 0 bridgehead atoms. The number of halogens is 1. The van der Waals surface area contributed by atoms with Crippen molar-refractivity contribution >= 4 is 38.2 Å². The number of rotatable bonds is 1. The summed E-state index contributed by atoms with van der Waals surface area (Å²) in [5.74, 6) is 0.153. The van der Waals surface area contributed by atoms with Gasteiger partial charge in [-0.3, -0.25) is 4.79 Å². The van der Waals surface area contributed by atoms with Crippen LogP contribution in [-0.4, -0.2) is 25.5 Å². The van der Waals surface area contributed by atoms with Gasteiger partial charge in [-0.25, -0.2) is 0 Å². The van der Waals surface area contributed by atoms with Gasteiger partial charge in [0.2, 0.25) is 5.91 Å². The van der Waals surface area contributed by atoms with Gasteiger partial charge in [-0.2, -0.15) is 0 Å². The lowest BCUT2D eigenvalue weighted by Gasteiger charge is -2.25. The summed E-state index contributed by atoms with van der Waals surface area (Å²) in [6, 6.07) is 3.94. The fourth-order valence-electron chi connectivity index (χ4n) is 1.29. The van der Waals surface area contributed by atoms with Crippen LogP contribution in [0.4, 0.5) is 5.00 Å². The number of thiophene rings is 1. The van der Waals surface area contributed by atoms with Gasteiger partial charge in [0.05, 0.1) is 15.3 Å². The lowest BCUT2D eigenvalue weighted by Crippen LogP contribution is -2.47. The van der Waals surface area contributed by atoms with Crippen LogP contribution in [0.3, 0.4) is 0 Å². The molecule has 5 heteroatoms. The lowest BCUT2D eigenvalue weighted by atomic mass is 10.3. The summed E-state index contributed by atoms with van der Waals surface area (Å²) >= 11 is 4.98. The zero-order valence-corrected chi connectivity index (χ0v) is 9.32. The van der Waals surface area contributed by atoms with Crippen molar-refractivity contribution in [3.05, 3.63) is 15.9 Å². The van der Waals surface area contributed by atoms with Gasteiger partial charge in [0.15, 0.2) is 0 Å². The Balaban J connectivity index is 2.19. The minimum absolute atomic E-state index is 0.153. The van der Waals surface area contributed by atoms with Crippen LogP contribution in [0, 0.1) is 0 Å². The Hall–Kier alpha value is -0.390. The van der Waals surface area contributed by atoms with Crippen molar-refractivity contribution in [3.8, 4) is 0 Å². The van der Waals surface area contributed by atoms with Crippen LogP contribution in [0.25, 0.3) is 0 Å². The highest BCUT2D eigenvalue weighted by molar-refractivity contribution is 9.11. The standard InChI is InChI=1S/C8H9BrN2OS/c9-6-1-2-8(13-6)11-4-3-10-5-7(11)12/h1-2,10H,3-5H2.